The number of fused-ring (bicyclic) bond motifs is 5. The first-order chi connectivity index (χ1) is 10.1. The summed E-state index contributed by atoms with van der Waals surface area (Å²) in [6.45, 7) is 0. The van der Waals surface area contributed by atoms with Crippen LogP contribution in [-0.4, -0.2) is 23.0 Å². The van der Waals surface area contributed by atoms with E-state index in [0.717, 1.165) is 17.0 Å². The molecule has 0 aromatic heterocycles. The van der Waals surface area contributed by atoms with Crippen molar-refractivity contribution < 1.29 is 9.59 Å². The lowest BCUT2D eigenvalue weighted by Gasteiger charge is -2.13. The molecule has 4 atom stereocenters. The SMILES string of the molecule is O=C1[C@@H]2[C@@H](C(=O)N1/N=C\c1ccc(Cl)cc1)[C@H]1C=C[C@@H]2C1. The van der Waals surface area contributed by atoms with Crippen LogP contribution in [0.2, 0.25) is 5.02 Å². The van der Waals surface area contributed by atoms with Crippen molar-refractivity contribution in [1.29, 1.82) is 0 Å². The number of benzene rings is 1. The van der Waals surface area contributed by atoms with Gasteiger partial charge in [0.15, 0.2) is 0 Å². The largest absolute Gasteiger partial charge is 0.272 e. The van der Waals surface area contributed by atoms with Gasteiger partial charge in [-0.2, -0.15) is 10.1 Å². The van der Waals surface area contributed by atoms with Gasteiger partial charge in [0.1, 0.15) is 0 Å². The number of nitrogens with zero attached hydrogens (tertiary/aromatic N) is 2. The molecule has 1 saturated carbocycles. The number of imide groups is 1. The zero-order valence-electron chi connectivity index (χ0n) is 11.1. The fraction of sp³-hybridized carbons (Fsp3) is 0.312. The second kappa shape index (κ2) is 4.53. The first-order valence-electron chi connectivity index (χ1n) is 7.01. The molecule has 0 radical (unpaired) electrons. The third-order valence-corrected chi connectivity index (χ3v) is 4.89. The number of rotatable bonds is 2. The molecule has 2 bridgehead atoms. The second-order valence-electron chi connectivity index (χ2n) is 5.78. The molecular weight excluding hydrogens is 288 g/mol. The van der Waals surface area contributed by atoms with Crippen molar-refractivity contribution in [2.45, 2.75) is 6.42 Å². The minimum Gasteiger partial charge on any atom is -0.272 e. The van der Waals surface area contributed by atoms with Crippen LogP contribution in [0.4, 0.5) is 0 Å². The first-order valence-corrected chi connectivity index (χ1v) is 7.38. The number of hydrazone groups is 1. The Balaban J connectivity index is 1.58. The average molecular weight is 301 g/mol. The van der Waals surface area contributed by atoms with Crippen molar-refractivity contribution >= 4 is 29.6 Å². The van der Waals surface area contributed by atoms with Crippen molar-refractivity contribution in [3.05, 3.63) is 47.0 Å². The lowest BCUT2D eigenvalue weighted by atomic mass is 9.85. The minimum absolute atomic E-state index is 0.160. The van der Waals surface area contributed by atoms with Gasteiger partial charge in [-0.05, 0) is 36.0 Å². The lowest BCUT2D eigenvalue weighted by molar-refractivity contribution is -0.140. The van der Waals surface area contributed by atoms with Gasteiger partial charge in [0, 0.05) is 5.02 Å². The second-order valence-corrected chi connectivity index (χ2v) is 6.22. The number of carbonyl (C=O) groups excluding carboxylic acids is 2. The van der Waals surface area contributed by atoms with Crippen LogP contribution in [0, 0.1) is 23.7 Å². The molecular formula is C16H13ClN2O2. The molecule has 106 valence electrons. The van der Waals surface area contributed by atoms with E-state index in [9.17, 15) is 9.59 Å². The molecule has 0 spiro atoms. The summed E-state index contributed by atoms with van der Waals surface area (Å²) in [6.07, 6.45) is 6.61. The zero-order chi connectivity index (χ0) is 14.6. The molecule has 0 unspecified atom stereocenters. The predicted octanol–water partition coefficient (Wildman–Crippen LogP) is 2.48. The van der Waals surface area contributed by atoms with Crippen molar-refractivity contribution in [2.24, 2.45) is 28.8 Å². The van der Waals surface area contributed by atoms with Gasteiger partial charge >= 0.3 is 0 Å². The van der Waals surface area contributed by atoms with Crippen molar-refractivity contribution in [1.82, 2.24) is 5.01 Å². The molecule has 1 aromatic rings. The van der Waals surface area contributed by atoms with E-state index in [1.54, 1.807) is 24.3 Å². The standard InChI is InChI=1S/C16H13ClN2O2/c17-12-5-1-9(2-6-12)8-18-19-15(20)13-10-3-4-11(7-10)14(13)16(19)21/h1-6,8,10-11,13-14H,7H2/b18-8-/t10-,11+,13-,14-/m0/s1. The molecule has 21 heavy (non-hydrogen) atoms. The normalized spacial score (nSPS) is 33.5. The molecule has 1 aliphatic heterocycles. The van der Waals surface area contributed by atoms with Crippen molar-refractivity contribution in [3.63, 3.8) is 0 Å². The number of halogens is 1. The fourth-order valence-electron chi connectivity index (χ4n) is 3.67. The Morgan fingerprint density at radius 2 is 1.62 bits per heavy atom. The van der Waals surface area contributed by atoms with Gasteiger partial charge in [0.25, 0.3) is 11.8 Å². The van der Waals surface area contributed by atoms with Gasteiger partial charge in [-0.1, -0.05) is 35.9 Å². The highest BCUT2D eigenvalue weighted by Gasteiger charge is 2.59. The Hall–Kier alpha value is -1.94. The molecule has 3 aliphatic rings. The Bertz CT molecular complexity index is 650. The molecule has 1 saturated heterocycles. The summed E-state index contributed by atoms with van der Waals surface area (Å²) in [4.78, 5) is 24.8. The van der Waals surface area contributed by atoms with Gasteiger partial charge in [-0.15, -0.1) is 0 Å². The molecule has 2 amide bonds. The molecule has 1 aromatic carbocycles. The monoisotopic (exact) mass is 300 g/mol. The number of hydrogen-bond donors (Lipinski definition) is 0. The average Bonchev–Trinajstić information content (AvgIpc) is 3.14. The van der Waals surface area contributed by atoms with Crippen LogP contribution < -0.4 is 0 Å². The van der Waals surface area contributed by atoms with E-state index >= 15 is 0 Å². The van der Waals surface area contributed by atoms with Crippen LogP contribution in [0.25, 0.3) is 0 Å². The topological polar surface area (TPSA) is 49.7 Å². The predicted molar refractivity (Wildman–Crippen MR) is 78.6 cm³/mol. The Labute approximate surface area is 127 Å². The third kappa shape index (κ3) is 1.86. The molecule has 2 aliphatic carbocycles. The lowest BCUT2D eigenvalue weighted by Crippen LogP contribution is -2.28. The highest BCUT2D eigenvalue weighted by Crippen LogP contribution is 2.52. The van der Waals surface area contributed by atoms with Crippen LogP contribution in [0.1, 0.15) is 12.0 Å². The van der Waals surface area contributed by atoms with Crippen LogP contribution in [0.5, 0.6) is 0 Å². The van der Waals surface area contributed by atoms with Gasteiger partial charge in [-0.25, -0.2) is 0 Å². The van der Waals surface area contributed by atoms with Gasteiger partial charge in [0.2, 0.25) is 0 Å². The van der Waals surface area contributed by atoms with E-state index < -0.39 is 0 Å². The van der Waals surface area contributed by atoms with E-state index in [0.29, 0.717) is 5.02 Å². The zero-order valence-corrected chi connectivity index (χ0v) is 11.9. The maximum absolute atomic E-state index is 12.4. The molecule has 0 N–H and O–H groups in total. The number of allylic oxidation sites excluding steroid dienone is 2. The summed E-state index contributed by atoms with van der Waals surface area (Å²) in [7, 11) is 0. The van der Waals surface area contributed by atoms with Crippen LogP contribution in [0.15, 0.2) is 41.5 Å². The quantitative estimate of drug-likeness (QED) is 0.479. The van der Waals surface area contributed by atoms with Crippen LogP contribution in [0.3, 0.4) is 0 Å². The van der Waals surface area contributed by atoms with Gasteiger partial charge in [-0.3, -0.25) is 9.59 Å². The molecule has 1 heterocycles. The third-order valence-electron chi connectivity index (χ3n) is 4.64. The summed E-state index contributed by atoms with van der Waals surface area (Å²) in [5.74, 6) is -0.289. The van der Waals surface area contributed by atoms with Gasteiger partial charge in [0.05, 0.1) is 18.1 Å². The van der Waals surface area contributed by atoms with E-state index in [2.05, 4.69) is 17.3 Å². The van der Waals surface area contributed by atoms with Crippen LogP contribution in [-0.2, 0) is 9.59 Å². The van der Waals surface area contributed by atoms with E-state index in [1.165, 1.54) is 6.21 Å². The maximum atomic E-state index is 12.4. The highest BCUT2D eigenvalue weighted by atomic mass is 35.5. The van der Waals surface area contributed by atoms with E-state index in [-0.39, 0.29) is 35.5 Å². The summed E-state index contributed by atoms with van der Waals surface area (Å²) in [5, 5.41) is 5.79. The summed E-state index contributed by atoms with van der Waals surface area (Å²) in [5.41, 5.74) is 0.804. The Morgan fingerprint density at radius 1 is 1.05 bits per heavy atom. The summed E-state index contributed by atoms with van der Waals surface area (Å²) < 4.78 is 0. The van der Waals surface area contributed by atoms with Crippen molar-refractivity contribution in [3.8, 4) is 0 Å². The smallest absolute Gasteiger partial charge is 0.254 e. The van der Waals surface area contributed by atoms with Gasteiger partial charge < -0.3 is 0 Å². The Kier molecular flexibility index (Phi) is 2.76. The van der Waals surface area contributed by atoms with Crippen LogP contribution >= 0.6 is 11.6 Å². The van der Waals surface area contributed by atoms with E-state index in [4.69, 9.17) is 11.6 Å². The molecule has 5 heteroatoms. The summed E-state index contributed by atoms with van der Waals surface area (Å²) >= 11 is 5.82. The van der Waals surface area contributed by atoms with Crippen molar-refractivity contribution in [2.75, 3.05) is 0 Å². The number of hydrogen-bond acceptors (Lipinski definition) is 3. The fourth-order valence-corrected chi connectivity index (χ4v) is 3.80. The highest BCUT2D eigenvalue weighted by molar-refractivity contribution is 6.30. The first kappa shape index (κ1) is 12.8. The van der Waals surface area contributed by atoms with E-state index in [1.807, 2.05) is 0 Å². The minimum atomic E-state index is -0.199. The molecule has 4 rings (SSSR count). The number of carbonyl (C=O) groups is 2. The number of amides is 2. The molecule has 4 nitrogen and oxygen atoms in total. The Morgan fingerprint density at radius 3 is 2.19 bits per heavy atom. The maximum Gasteiger partial charge on any atom is 0.254 e. The molecule has 2 fully saturated rings. The summed E-state index contributed by atoms with van der Waals surface area (Å²) in [6, 6.07) is 7.08.